The van der Waals surface area contributed by atoms with Crippen molar-refractivity contribution < 1.29 is 24.9 Å². The zero-order valence-corrected chi connectivity index (χ0v) is 16.3. The summed E-state index contributed by atoms with van der Waals surface area (Å²) in [6.45, 7) is -0.119. The summed E-state index contributed by atoms with van der Waals surface area (Å²) < 4.78 is 0. The third-order valence-electron chi connectivity index (χ3n) is 4.49. The molecule has 156 valence electrons. The van der Waals surface area contributed by atoms with E-state index in [4.69, 9.17) is 16.2 Å². The predicted molar refractivity (Wildman–Crippen MR) is 118 cm³/mol. The van der Waals surface area contributed by atoms with Crippen LogP contribution in [0.25, 0.3) is 10.8 Å². The largest absolute Gasteiger partial charge is 0.477 e. The summed E-state index contributed by atoms with van der Waals surface area (Å²) in [7, 11) is 0. The SMILES string of the molecule is NC(=[NH2+])c1ccc2cc(C(=O)Nc3ccc(NCC(=NC=O)C(=O)O)cc3)ccc2c1. The zero-order chi connectivity index (χ0) is 22.4. The maximum Gasteiger partial charge on any atom is 0.352 e. The van der Waals surface area contributed by atoms with Crippen molar-refractivity contribution >= 4 is 52.0 Å². The van der Waals surface area contributed by atoms with Crippen molar-refractivity contribution in [2.24, 2.45) is 10.7 Å². The number of benzene rings is 3. The Bertz CT molecular complexity index is 1200. The lowest BCUT2D eigenvalue weighted by Gasteiger charge is -2.09. The molecule has 3 rings (SSSR count). The molecule has 9 heteroatoms. The Kier molecular flexibility index (Phi) is 6.36. The first kappa shape index (κ1) is 21.2. The van der Waals surface area contributed by atoms with Crippen LogP contribution in [0.15, 0.2) is 65.7 Å². The minimum absolute atomic E-state index is 0.119. The van der Waals surface area contributed by atoms with Crippen molar-refractivity contribution in [2.45, 2.75) is 0 Å². The normalized spacial score (nSPS) is 11.0. The van der Waals surface area contributed by atoms with Crippen molar-refractivity contribution in [3.05, 3.63) is 71.8 Å². The number of carbonyl (C=O) groups excluding carboxylic acids is 2. The van der Waals surface area contributed by atoms with Crippen LogP contribution >= 0.6 is 0 Å². The van der Waals surface area contributed by atoms with Crippen LogP contribution in [0.2, 0.25) is 0 Å². The van der Waals surface area contributed by atoms with Crippen molar-refractivity contribution in [3.8, 4) is 0 Å². The second-order valence-electron chi connectivity index (χ2n) is 6.60. The molecule has 0 atom stereocenters. The van der Waals surface area contributed by atoms with Crippen LogP contribution in [0.1, 0.15) is 15.9 Å². The number of aliphatic imine (C=N–C) groups is 1. The number of anilines is 2. The second kappa shape index (κ2) is 9.31. The summed E-state index contributed by atoms with van der Waals surface area (Å²) in [6, 6.07) is 17.5. The lowest BCUT2D eigenvalue weighted by atomic mass is 10.0. The molecule has 0 fully saturated rings. The molecule has 0 aliphatic carbocycles. The Morgan fingerprint density at radius 1 is 0.968 bits per heavy atom. The Hall–Kier alpha value is -4.53. The minimum Gasteiger partial charge on any atom is -0.477 e. The fourth-order valence-corrected chi connectivity index (χ4v) is 2.87. The van der Waals surface area contributed by atoms with Crippen LogP contribution in [0, 0.1) is 0 Å². The molecular formula is C22H20N5O4+. The molecular weight excluding hydrogens is 398 g/mol. The highest BCUT2D eigenvalue weighted by Crippen LogP contribution is 2.19. The molecule has 0 aliphatic heterocycles. The number of carboxylic acid groups (broad SMARTS) is 1. The number of nitrogens with one attached hydrogen (secondary N) is 2. The number of nitrogens with zero attached hydrogens (tertiary/aromatic N) is 1. The van der Waals surface area contributed by atoms with Gasteiger partial charge in [0.2, 0.25) is 6.41 Å². The third-order valence-corrected chi connectivity index (χ3v) is 4.49. The van der Waals surface area contributed by atoms with Crippen LogP contribution in [0.4, 0.5) is 11.4 Å². The lowest BCUT2D eigenvalue weighted by molar-refractivity contribution is -0.129. The van der Waals surface area contributed by atoms with Gasteiger partial charge in [0.15, 0.2) is 0 Å². The number of aliphatic carboxylic acids is 1. The molecule has 0 bridgehead atoms. The van der Waals surface area contributed by atoms with Crippen LogP contribution in [-0.4, -0.2) is 41.5 Å². The summed E-state index contributed by atoms with van der Waals surface area (Å²) in [4.78, 5) is 37.2. The van der Waals surface area contributed by atoms with Crippen molar-refractivity contribution in [3.63, 3.8) is 0 Å². The molecule has 3 aromatic carbocycles. The topological polar surface area (TPSA) is 159 Å². The van der Waals surface area contributed by atoms with Gasteiger partial charge in [0.05, 0.1) is 12.1 Å². The molecule has 0 unspecified atom stereocenters. The molecule has 7 N–H and O–H groups in total. The highest BCUT2D eigenvalue weighted by atomic mass is 16.4. The van der Waals surface area contributed by atoms with Crippen molar-refractivity contribution in [2.75, 3.05) is 17.2 Å². The quantitative estimate of drug-likeness (QED) is 0.205. The van der Waals surface area contributed by atoms with E-state index in [1.807, 2.05) is 18.2 Å². The molecule has 2 amide bonds. The molecule has 9 nitrogen and oxygen atoms in total. The van der Waals surface area contributed by atoms with E-state index in [1.54, 1.807) is 42.5 Å². The van der Waals surface area contributed by atoms with Gasteiger partial charge in [-0.05, 0) is 59.3 Å². The van der Waals surface area contributed by atoms with Crippen LogP contribution in [0.5, 0.6) is 0 Å². The van der Waals surface area contributed by atoms with Crippen LogP contribution in [-0.2, 0) is 9.59 Å². The van der Waals surface area contributed by atoms with E-state index < -0.39 is 5.97 Å². The first-order valence-electron chi connectivity index (χ1n) is 9.18. The summed E-state index contributed by atoms with van der Waals surface area (Å²) >= 11 is 0. The Balaban J connectivity index is 1.67. The number of carboxylic acids is 1. The zero-order valence-electron chi connectivity index (χ0n) is 16.3. The van der Waals surface area contributed by atoms with E-state index in [2.05, 4.69) is 15.6 Å². The van der Waals surface area contributed by atoms with Crippen LogP contribution in [0.3, 0.4) is 0 Å². The number of rotatable bonds is 8. The molecule has 0 saturated heterocycles. The number of fused-ring (bicyclic) bond motifs is 1. The molecule has 0 spiro atoms. The highest BCUT2D eigenvalue weighted by Gasteiger charge is 2.10. The van der Waals surface area contributed by atoms with E-state index >= 15 is 0 Å². The lowest BCUT2D eigenvalue weighted by Crippen LogP contribution is -2.46. The molecule has 31 heavy (non-hydrogen) atoms. The molecule has 0 radical (unpaired) electrons. The monoisotopic (exact) mass is 418 g/mol. The van der Waals surface area contributed by atoms with E-state index in [9.17, 15) is 14.4 Å². The van der Waals surface area contributed by atoms with Gasteiger partial charge in [0.1, 0.15) is 5.71 Å². The van der Waals surface area contributed by atoms with Crippen molar-refractivity contribution in [1.29, 1.82) is 0 Å². The van der Waals surface area contributed by atoms with Crippen LogP contribution < -0.4 is 21.8 Å². The van der Waals surface area contributed by atoms with E-state index in [0.717, 1.165) is 16.3 Å². The first-order chi connectivity index (χ1) is 14.9. The Morgan fingerprint density at radius 2 is 1.55 bits per heavy atom. The van der Waals surface area contributed by atoms with Gasteiger partial charge in [-0.25, -0.2) is 9.79 Å². The van der Waals surface area contributed by atoms with Gasteiger partial charge < -0.3 is 15.7 Å². The average molecular weight is 418 g/mol. The van der Waals surface area contributed by atoms with E-state index in [0.29, 0.717) is 16.9 Å². The van der Waals surface area contributed by atoms with Gasteiger partial charge in [-0.1, -0.05) is 12.1 Å². The second-order valence-corrected chi connectivity index (χ2v) is 6.60. The number of carbonyl (C=O) groups is 3. The number of amidine groups is 1. The Labute approximate surface area is 177 Å². The van der Waals surface area contributed by atoms with Gasteiger partial charge in [-0.15, -0.1) is 0 Å². The average Bonchev–Trinajstić information content (AvgIpc) is 2.76. The number of hydrogen-bond donors (Lipinski definition) is 5. The summed E-state index contributed by atoms with van der Waals surface area (Å²) in [5.74, 6) is -1.32. The molecule has 0 saturated carbocycles. The molecule has 0 aliphatic rings. The maximum absolute atomic E-state index is 12.6. The highest BCUT2D eigenvalue weighted by molar-refractivity contribution is 6.38. The molecule has 0 heterocycles. The predicted octanol–water partition coefficient (Wildman–Crippen LogP) is 0.650. The van der Waals surface area contributed by atoms with Crippen molar-refractivity contribution in [1.82, 2.24) is 0 Å². The maximum atomic E-state index is 12.6. The Morgan fingerprint density at radius 3 is 2.13 bits per heavy atom. The number of amides is 2. The molecule has 3 aromatic rings. The number of nitrogens with two attached hydrogens (primary N) is 2. The van der Waals surface area contributed by atoms with Gasteiger partial charge >= 0.3 is 5.97 Å². The first-order valence-corrected chi connectivity index (χ1v) is 9.18. The van der Waals surface area contributed by atoms with E-state index in [1.165, 1.54) is 0 Å². The van der Waals surface area contributed by atoms with Gasteiger partial charge in [-0.2, -0.15) is 0 Å². The number of hydrogen-bond acceptors (Lipinski definition) is 4. The smallest absolute Gasteiger partial charge is 0.352 e. The fourth-order valence-electron chi connectivity index (χ4n) is 2.87. The minimum atomic E-state index is -1.28. The van der Waals surface area contributed by atoms with Gasteiger partial charge in [-0.3, -0.25) is 20.7 Å². The fraction of sp³-hybridized carbons (Fsp3) is 0.0455. The van der Waals surface area contributed by atoms with Gasteiger partial charge in [0.25, 0.3) is 11.7 Å². The summed E-state index contributed by atoms with van der Waals surface area (Å²) in [5, 5.41) is 22.0. The third kappa shape index (κ3) is 5.30. The standard InChI is InChI=1S/C22H19N5O4/c23-20(24)15-3-1-14-10-16(4-2-13(14)9-15)21(29)27-18-7-5-17(6-8-18)25-11-19(22(30)31)26-12-28/h1-10,12,25H,11H2,(H3,23,24)(H,27,29)(H,30,31)/p+1. The van der Waals surface area contributed by atoms with E-state index in [-0.39, 0.29) is 30.4 Å². The molecule has 0 aromatic heterocycles. The summed E-state index contributed by atoms with van der Waals surface area (Å²) in [6.07, 6.45) is 0.182. The van der Waals surface area contributed by atoms with Gasteiger partial charge in [0, 0.05) is 16.9 Å². The summed E-state index contributed by atoms with van der Waals surface area (Å²) in [5.41, 5.74) is 7.71.